The topological polar surface area (TPSA) is 55.6 Å². The molecule has 0 bridgehead atoms. The van der Waals surface area contributed by atoms with Gasteiger partial charge in [0.15, 0.2) is 18.2 Å². The summed E-state index contributed by atoms with van der Waals surface area (Å²) in [5, 5.41) is 0. The predicted molar refractivity (Wildman–Crippen MR) is 78.1 cm³/mol. The van der Waals surface area contributed by atoms with Crippen LogP contribution in [0.3, 0.4) is 0 Å². The minimum absolute atomic E-state index is 0. The van der Waals surface area contributed by atoms with Gasteiger partial charge in [-0.25, -0.2) is 4.39 Å². The molecule has 0 saturated carbocycles. The molecule has 7 heteroatoms. The molecule has 0 heterocycles. The number of rotatable bonds is 5. The third-order valence-corrected chi connectivity index (χ3v) is 3.13. The van der Waals surface area contributed by atoms with Gasteiger partial charge >= 0.3 is 0 Å². The zero-order valence-electron chi connectivity index (χ0n) is 10.7. The van der Waals surface area contributed by atoms with E-state index in [1.54, 1.807) is 13.1 Å². The van der Waals surface area contributed by atoms with Crippen LogP contribution in [0.25, 0.3) is 0 Å². The van der Waals surface area contributed by atoms with Crippen molar-refractivity contribution in [2.75, 3.05) is 20.2 Å². The molecule has 108 valence electrons. The SMILES string of the molecule is CC(CN)N(C)C(=O)COc1ccc(Br)cc1F.Cl. The average molecular weight is 356 g/mol. The molecule has 0 aliphatic carbocycles. The van der Waals surface area contributed by atoms with Crippen LogP contribution in [0.15, 0.2) is 22.7 Å². The van der Waals surface area contributed by atoms with Crippen molar-refractivity contribution >= 4 is 34.2 Å². The predicted octanol–water partition coefficient (Wildman–Crippen LogP) is 2.19. The molecule has 0 spiro atoms. The van der Waals surface area contributed by atoms with Crippen molar-refractivity contribution in [3.63, 3.8) is 0 Å². The lowest BCUT2D eigenvalue weighted by molar-refractivity contribution is -0.133. The summed E-state index contributed by atoms with van der Waals surface area (Å²) in [6.45, 7) is 1.99. The summed E-state index contributed by atoms with van der Waals surface area (Å²) >= 11 is 3.14. The van der Waals surface area contributed by atoms with Crippen LogP contribution in [0.5, 0.6) is 5.75 Å². The highest BCUT2D eigenvalue weighted by Gasteiger charge is 2.15. The summed E-state index contributed by atoms with van der Waals surface area (Å²) in [5.41, 5.74) is 5.46. The zero-order chi connectivity index (χ0) is 13.7. The molecule has 1 unspecified atom stereocenters. The number of nitrogens with zero attached hydrogens (tertiary/aromatic N) is 1. The van der Waals surface area contributed by atoms with E-state index in [1.165, 1.54) is 17.0 Å². The second kappa shape index (κ2) is 8.35. The van der Waals surface area contributed by atoms with E-state index in [9.17, 15) is 9.18 Å². The van der Waals surface area contributed by atoms with Crippen LogP contribution in [0.1, 0.15) is 6.92 Å². The molecule has 0 radical (unpaired) electrons. The fraction of sp³-hybridized carbons (Fsp3) is 0.417. The first-order valence-corrected chi connectivity index (χ1v) is 6.28. The van der Waals surface area contributed by atoms with Crippen LogP contribution in [-0.2, 0) is 4.79 Å². The number of benzene rings is 1. The number of ether oxygens (including phenoxy) is 1. The molecule has 19 heavy (non-hydrogen) atoms. The van der Waals surface area contributed by atoms with Crippen molar-refractivity contribution in [2.24, 2.45) is 5.73 Å². The summed E-state index contributed by atoms with van der Waals surface area (Å²) in [6, 6.07) is 4.33. The van der Waals surface area contributed by atoms with Crippen molar-refractivity contribution in [3.8, 4) is 5.75 Å². The number of hydrogen-bond acceptors (Lipinski definition) is 3. The molecule has 2 N–H and O–H groups in total. The van der Waals surface area contributed by atoms with Gasteiger partial charge in [-0.05, 0) is 25.1 Å². The van der Waals surface area contributed by atoms with Gasteiger partial charge < -0.3 is 15.4 Å². The largest absolute Gasteiger partial charge is 0.481 e. The van der Waals surface area contributed by atoms with Crippen molar-refractivity contribution in [3.05, 3.63) is 28.5 Å². The van der Waals surface area contributed by atoms with E-state index in [-0.39, 0.29) is 36.7 Å². The molecule has 0 aliphatic rings. The second-order valence-electron chi connectivity index (χ2n) is 3.95. The summed E-state index contributed by atoms with van der Waals surface area (Å²) in [6.07, 6.45) is 0. The summed E-state index contributed by atoms with van der Waals surface area (Å²) in [4.78, 5) is 13.2. The fourth-order valence-corrected chi connectivity index (χ4v) is 1.57. The highest BCUT2D eigenvalue weighted by atomic mass is 79.9. The minimum atomic E-state index is -0.508. The maximum atomic E-state index is 13.4. The number of amides is 1. The first kappa shape index (κ1) is 18.1. The first-order valence-electron chi connectivity index (χ1n) is 5.49. The van der Waals surface area contributed by atoms with E-state index in [2.05, 4.69) is 15.9 Å². The number of carbonyl (C=O) groups is 1. The van der Waals surface area contributed by atoms with Crippen LogP contribution < -0.4 is 10.5 Å². The molecule has 0 saturated heterocycles. The molecule has 1 atom stereocenters. The Kier molecular flexibility index (Phi) is 7.97. The molecule has 0 aromatic heterocycles. The summed E-state index contributed by atoms with van der Waals surface area (Å²) < 4.78 is 19.2. The van der Waals surface area contributed by atoms with Crippen LogP contribution in [0.2, 0.25) is 0 Å². The quantitative estimate of drug-likeness (QED) is 0.881. The minimum Gasteiger partial charge on any atom is -0.481 e. The number of carbonyl (C=O) groups excluding carboxylic acids is 1. The molecule has 1 aromatic carbocycles. The monoisotopic (exact) mass is 354 g/mol. The van der Waals surface area contributed by atoms with Crippen LogP contribution in [-0.4, -0.2) is 37.0 Å². The van der Waals surface area contributed by atoms with Gasteiger partial charge in [-0.3, -0.25) is 4.79 Å². The molecular weight excluding hydrogens is 338 g/mol. The van der Waals surface area contributed by atoms with Gasteiger partial charge in [0.25, 0.3) is 5.91 Å². The number of halogens is 3. The molecule has 1 aromatic rings. The van der Waals surface area contributed by atoms with Crippen molar-refractivity contribution in [1.29, 1.82) is 0 Å². The Bertz CT molecular complexity index is 434. The number of nitrogens with two attached hydrogens (primary N) is 1. The first-order chi connectivity index (χ1) is 8.45. The fourth-order valence-electron chi connectivity index (χ4n) is 1.24. The maximum Gasteiger partial charge on any atom is 0.260 e. The lowest BCUT2D eigenvalue weighted by atomic mass is 10.3. The Morgan fingerprint density at radius 2 is 2.21 bits per heavy atom. The molecule has 0 aliphatic heterocycles. The van der Waals surface area contributed by atoms with Gasteiger partial charge in [0.2, 0.25) is 0 Å². The van der Waals surface area contributed by atoms with Crippen molar-refractivity contribution in [1.82, 2.24) is 4.90 Å². The van der Waals surface area contributed by atoms with E-state index in [0.717, 1.165) is 0 Å². The Morgan fingerprint density at radius 3 is 2.74 bits per heavy atom. The van der Waals surface area contributed by atoms with E-state index >= 15 is 0 Å². The van der Waals surface area contributed by atoms with E-state index < -0.39 is 5.82 Å². The van der Waals surface area contributed by atoms with Gasteiger partial charge in [-0.15, -0.1) is 12.4 Å². The average Bonchev–Trinajstić information content (AvgIpc) is 2.35. The molecular formula is C12H17BrClFN2O2. The Balaban J connectivity index is 0.00000324. The van der Waals surface area contributed by atoms with Gasteiger partial charge in [0.05, 0.1) is 0 Å². The molecule has 4 nitrogen and oxygen atoms in total. The summed E-state index contributed by atoms with van der Waals surface area (Å²) in [5.74, 6) is -0.692. The van der Waals surface area contributed by atoms with E-state index in [4.69, 9.17) is 10.5 Å². The van der Waals surface area contributed by atoms with Crippen LogP contribution >= 0.6 is 28.3 Å². The molecule has 1 rings (SSSR count). The summed E-state index contributed by atoms with van der Waals surface area (Å²) in [7, 11) is 1.64. The third kappa shape index (κ3) is 5.34. The smallest absolute Gasteiger partial charge is 0.260 e. The van der Waals surface area contributed by atoms with Crippen molar-refractivity contribution in [2.45, 2.75) is 13.0 Å². The molecule has 0 fully saturated rings. The Morgan fingerprint density at radius 1 is 1.58 bits per heavy atom. The lowest BCUT2D eigenvalue weighted by Crippen LogP contribution is -2.42. The third-order valence-electron chi connectivity index (χ3n) is 2.64. The van der Waals surface area contributed by atoms with Gasteiger partial charge in [-0.1, -0.05) is 15.9 Å². The van der Waals surface area contributed by atoms with Gasteiger partial charge in [-0.2, -0.15) is 0 Å². The van der Waals surface area contributed by atoms with E-state index in [1.807, 2.05) is 6.92 Å². The lowest BCUT2D eigenvalue weighted by Gasteiger charge is -2.23. The highest BCUT2D eigenvalue weighted by molar-refractivity contribution is 9.10. The maximum absolute atomic E-state index is 13.4. The Hall–Kier alpha value is -0.850. The normalized spacial score (nSPS) is 11.4. The van der Waals surface area contributed by atoms with Crippen LogP contribution in [0, 0.1) is 5.82 Å². The second-order valence-corrected chi connectivity index (χ2v) is 4.87. The highest BCUT2D eigenvalue weighted by Crippen LogP contribution is 2.21. The Labute approximate surface area is 126 Å². The molecule has 1 amide bonds. The number of hydrogen-bond donors (Lipinski definition) is 1. The number of likely N-dealkylation sites (N-methyl/N-ethyl adjacent to an activating group) is 1. The van der Waals surface area contributed by atoms with Crippen LogP contribution in [0.4, 0.5) is 4.39 Å². The van der Waals surface area contributed by atoms with E-state index in [0.29, 0.717) is 11.0 Å². The van der Waals surface area contributed by atoms with Gasteiger partial charge in [0.1, 0.15) is 0 Å². The van der Waals surface area contributed by atoms with Crippen molar-refractivity contribution < 1.29 is 13.9 Å². The standard InChI is InChI=1S/C12H16BrFN2O2.ClH/c1-8(6-15)16(2)12(17)7-18-11-4-3-9(13)5-10(11)14;/h3-5,8H,6-7,15H2,1-2H3;1H. The zero-order valence-corrected chi connectivity index (χ0v) is 13.1. The van der Waals surface area contributed by atoms with Gasteiger partial charge in [0, 0.05) is 24.1 Å².